The fraction of sp³-hybridized carbons (Fsp3) is 0.583. The zero-order valence-electron chi connectivity index (χ0n) is 10.8. The molecule has 1 rings (SSSR count). The zero-order chi connectivity index (χ0) is 13.1. The van der Waals surface area contributed by atoms with E-state index in [2.05, 4.69) is 10.3 Å². The number of aromatic nitrogens is 1. The molecule has 0 bridgehead atoms. The van der Waals surface area contributed by atoms with Gasteiger partial charge >= 0.3 is 0 Å². The van der Waals surface area contributed by atoms with Crippen LogP contribution in [0.3, 0.4) is 0 Å². The molecule has 17 heavy (non-hydrogen) atoms. The Morgan fingerprint density at radius 1 is 1.41 bits per heavy atom. The molecule has 0 saturated heterocycles. The van der Waals surface area contributed by atoms with Crippen molar-refractivity contribution in [3.63, 3.8) is 0 Å². The highest BCUT2D eigenvalue weighted by atomic mass is 32.2. The number of hydrogen-bond acceptors (Lipinski definition) is 4. The topological polar surface area (TPSA) is 59.1 Å². The Morgan fingerprint density at radius 2 is 2.06 bits per heavy atom. The molecular formula is C12H20N2O2S. The largest absolute Gasteiger partial charge is 0.315 e. The maximum Gasteiger partial charge on any atom is 0.151 e. The van der Waals surface area contributed by atoms with Crippen LogP contribution in [0.5, 0.6) is 0 Å². The van der Waals surface area contributed by atoms with E-state index in [0.717, 1.165) is 11.3 Å². The Morgan fingerprint density at radius 3 is 2.47 bits per heavy atom. The second kappa shape index (κ2) is 5.60. The second-order valence-corrected chi connectivity index (χ2v) is 6.86. The van der Waals surface area contributed by atoms with Crippen LogP contribution < -0.4 is 5.32 Å². The van der Waals surface area contributed by atoms with Gasteiger partial charge < -0.3 is 5.32 Å². The number of aryl methyl sites for hydroxylation is 1. The average Bonchev–Trinajstić information content (AvgIpc) is 2.26. The van der Waals surface area contributed by atoms with Crippen LogP contribution in [0.4, 0.5) is 0 Å². The van der Waals surface area contributed by atoms with Crippen molar-refractivity contribution in [1.82, 2.24) is 10.3 Å². The van der Waals surface area contributed by atoms with Crippen molar-refractivity contribution in [1.29, 1.82) is 0 Å². The van der Waals surface area contributed by atoms with Gasteiger partial charge in [-0.3, -0.25) is 4.98 Å². The molecule has 0 aromatic carbocycles. The first-order valence-electron chi connectivity index (χ1n) is 5.62. The van der Waals surface area contributed by atoms with Gasteiger partial charge in [-0.25, -0.2) is 8.42 Å². The van der Waals surface area contributed by atoms with Gasteiger partial charge in [0.25, 0.3) is 0 Å². The van der Waals surface area contributed by atoms with E-state index in [1.54, 1.807) is 20.2 Å². The van der Waals surface area contributed by atoms with Gasteiger partial charge in [0.1, 0.15) is 0 Å². The fourth-order valence-corrected chi connectivity index (χ4v) is 2.47. The highest BCUT2D eigenvalue weighted by molar-refractivity contribution is 7.91. The minimum Gasteiger partial charge on any atom is -0.315 e. The Bertz CT molecular complexity index is 454. The number of nitrogens with zero attached hydrogens (tertiary/aromatic N) is 1. The van der Waals surface area contributed by atoms with Crippen LogP contribution in [0.2, 0.25) is 0 Å². The summed E-state index contributed by atoms with van der Waals surface area (Å²) in [5.41, 5.74) is 2.01. The van der Waals surface area contributed by atoms with Crippen molar-refractivity contribution in [3.05, 3.63) is 29.6 Å². The summed E-state index contributed by atoms with van der Waals surface area (Å²) in [6.07, 6.45) is 3.68. The van der Waals surface area contributed by atoms with E-state index in [1.165, 1.54) is 6.26 Å². The van der Waals surface area contributed by atoms with Gasteiger partial charge in [0.05, 0.1) is 5.25 Å². The van der Waals surface area contributed by atoms with Gasteiger partial charge in [-0.1, -0.05) is 6.07 Å². The summed E-state index contributed by atoms with van der Waals surface area (Å²) in [5, 5.41) is 2.63. The predicted molar refractivity (Wildman–Crippen MR) is 69.8 cm³/mol. The minimum absolute atomic E-state index is 0.111. The van der Waals surface area contributed by atoms with Gasteiger partial charge in [0.2, 0.25) is 0 Å². The van der Waals surface area contributed by atoms with Crippen molar-refractivity contribution in [3.8, 4) is 0 Å². The summed E-state index contributed by atoms with van der Waals surface area (Å²) in [6.45, 7) is 3.70. The monoisotopic (exact) mass is 256 g/mol. The van der Waals surface area contributed by atoms with E-state index < -0.39 is 15.1 Å². The maximum absolute atomic E-state index is 11.5. The van der Waals surface area contributed by atoms with Crippen LogP contribution >= 0.6 is 0 Å². The normalized spacial score (nSPS) is 15.5. The summed E-state index contributed by atoms with van der Waals surface area (Å²) < 4.78 is 23.0. The van der Waals surface area contributed by atoms with Gasteiger partial charge in [-0.15, -0.1) is 0 Å². The summed E-state index contributed by atoms with van der Waals surface area (Å²) >= 11 is 0. The molecule has 2 atom stereocenters. The van der Waals surface area contributed by atoms with Gasteiger partial charge in [-0.05, 0) is 32.5 Å². The quantitative estimate of drug-likeness (QED) is 0.852. The van der Waals surface area contributed by atoms with Gasteiger partial charge in [0, 0.05) is 30.6 Å². The standard InChI is InChI=1S/C12H20N2O2S/c1-9-5-6-11(14-8-9)7-12(13-3)10(2)17(4,15)16/h5-6,8,10,12-13H,7H2,1-4H3. The van der Waals surface area contributed by atoms with E-state index >= 15 is 0 Å². The third-order valence-electron chi connectivity index (χ3n) is 3.01. The number of hydrogen-bond donors (Lipinski definition) is 1. The van der Waals surface area contributed by atoms with E-state index in [-0.39, 0.29) is 6.04 Å². The highest BCUT2D eigenvalue weighted by Gasteiger charge is 2.24. The van der Waals surface area contributed by atoms with Crippen LogP contribution in [-0.4, -0.2) is 38.0 Å². The van der Waals surface area contributed by atoms with Crippen molar-refractivity contribution in [2.75, 3.05) is 13.3 Å². The summed E-state index contributed by atoms with van der Waals surface area (Å²) in [4.78, 5) is 4.30. The molecule has 0 aliphatic heterocycles. The molecule has 0 saturated carbocycles. The number of pyridine rings is 1. The molecule has 0 aliphatic rings. The van der Waals surface area contributed by atoms with Crippen LogP contribution in [0, 0.1) is 6.92 Å². The lowest BCUT2D eigenvalue weighted by molar-refractivity contribution is 0.513. The first-order valence-corrected chi connectivity index (χ1v) is 7.57. The van der Waals surface area contributed by atoms with Gasteiger partial charge in [-0.2, -0.15) is 0 Å². The van der Waals surface area contributed by atoms with Gasteiger partial charge in [0.15, 0.2) is 9.84 Å². The van der Waals surface area contributed by atoms with E-state index in [4.69, 9.17) is 0 Å². The average molecular weight is 256 g/mol. The van der Waals surface area contributed by atoms with E-state index in [0.29, 0.717) is 6.42 Å². The molecule has 0 fully saturated rings. The van der Waals surface area contributed by atoms with Crippen molar-refractivity contribution < 1.29 is 8.42 Å². The lowest BCUT2D eigenvalue weighted by Crippen LogP contribution is -2.42. The van der Waals surface area contributed by atoms with Crippen molar-refractivity contribution in [2.45, 2.75) is 31.6 Å². The molecule has 1 aromatic heterocycles. The van der Waals surface area contributed by atoms with E-state index in [1.807, 2.05) is 19.1 Å². The highest BCUT2D eigenvalue weighted by Crippen LogP contribution is 2.10. The molecule has 1 N–H and O–H groups in total. The molecule has 0 aliphatic carbocycles. The number of likely N-dealkylation sites (N-methyl/N-ethyl adjacent to an activating group) is 1. The summed E-state index contributed by atoms with van der Waals surface area (Å²) in [6, 6.07) is 3.81. The molecule has 0 amide bonds. The Hall–Kier alpha value is -0.940. The number of sulfone groups is 1. The lowest BCUT2D eigenvalue weighted by Gasteiger charge is -2.21. The molecule has 2 unspecified atom stereocenters. The molecule has 96 valence electrons. The van der Waals surface area contributed by atoms with Crippen molar-refractivity contribution >= 4 is 9.84 Å². The number of rotatable bonds is 5. The Balaban J connectivity index is 2.80. The van der Waals surface area contributed by atoms with Crippen LogP contribution in [0.1, 0.15) is 18.2 Å². The minimum atomic E-state index is -3.03. The first-order chi connectivity index (χ1) is 7.84. The summed E-state index contributed by atoms with van der Waals surface area (Å²) in [7, 11) is -1.25. The first kappa shape index (κ1) is 14.1. The smallest absolute Gasteiger partial charge is 0.151 e. The summed E-state index contributed by atoms with van der Waals surface area (Å²) in [5.74, 6) is 0. The zero-order valence-corrected chi connectivity index (χ0v) is 11.6. The van der Waals surface area contributed by atoms with Crippen LogP contribution in [0.25, 0.3) is 0 Å². The second-order valence-electron chi connectivity index (χ2n) is 4.46. The number of nitrogens with one attached hydrogen (secondary N) is 1. The third-order valence-corrected chi connectivity index (χ3v) is 4.69. The Labute approximate surface area is 103 Å². The lowest BCUT2D eigenvalue weighted by atomic mass is 10.1. The Kier molecular flexibility index (Phi) is 4.65. The van der Waals surface area contributed by atoms with Crippen molar-refractivity contribution in [2.24, 2.45) is 0 Å². The maximum atomic E-state index is 11.5. The van der Waals surface area contributed by atoms with Crippen LogP contribution in [-0.2, 0) is 16.3 Å². The molecule has 0 radical (unpaired) electrons. The molecule has 1 heterocycles. The van der Waals surface area contributed by atoms with Crippen LogP contribution in [0.15, 0.2) is 18.3 Å². The SMILES string of the molecule is CNC(Cc1ccc(C)cn1)C(C)S(C)(=O)=O. The molecule has 1 aromatic rings. The molecule has 5 heteroatoms. The third kappa shape index (κ3) is 4.09. The predicted octanol–water partition coefficient (Wildman–Crippen LogP) is 0.954. The molecule has 0 spiro atoms. The van der Waals surface area contributed by atoms with E-state index in [9.17, 15) is 8.42 Å². The molecular weight excluding hydrogens is 236 g/mol. The molecule has 4 nitrogen and oxygen atoms in total. The fourth-order valence-electron chi connectivity index (χ4n) is 1.65.